The Labute approximate surface area is 133 Å². The first kappa shape index (κ1) is 15.8. The molecule has 1 saturated carbocycles. The van der Waals surface area contributed by atoms with E-state index in [4.69, 9.17) is 9.47 Å². The van der Waals surface area contributed by atoms with Crippen molar-refractivity contribution in [3.63, 3.8) is 0 Å². The van der Waals surface area contributed by atoms with Gasteiger partial charge in [-0.2, -0.15) is 0 Å². The molecule has 0 bridgehead atoms. The summed E-state index contributed by atoms with van der Waals surface area (Å²) >= 11 is 0. The van der Waals surface area contributed by atoms with E-state index in [9.17, 15) is 5.11 Å². The van der Waals surface area contributed by atoms with Gasteiger partial charge in [-0.15, -0.1) is 0 Å². The second kappa shape index (κ2) is 6.99. The number of para-hydroxylation sites is 1. The van der Waals surface area contributed by atoms with Crippen molar-refractivity contribution >= 4 is 0 Å². The molecule has 2 fully saturated rings. The molecule has 2 aliphatic rings. The van der Waals surface area contributed by atoms with Crippen LogP contribution in [0.3, 0.4) is 0 Å². The van der Waals surface area contributed by atoms with E-state index in [0.717, 1.165) is 42.6 Å². The van der Waals surface area contributed by atoms with E-state index in [1.54, 1.807) is 0 Å². The number of nitrogens with zero attached hydrogens (tertiary/aromatic N) is 1. The fourth-order valence-corrected chi connectivity index (χ4v) is 3.33. The summed E-state index contributed by atoms with van der Waals surface area (Å²) in [5.41, 5.74) is 2.24. The van der Waals surface area contributed by atoms with Gasteiger partial charge in [-0.3, -0.25) is 4.90 Å². The molecule has 1 heterocycles. The summed E-state index contributed by atoms with van der Waals surface area (Å²) < 4.78 is 11.5. The number of β-amino-alcohol motifs (C(OH)–C–C–N with tert-alkyl or cyclic N) is 1. The van der Waals surface area contributed by atoms with Crippen molar-refractivity contribution in [2.45, 2.75) is 38.8 Å². The van der Waals surface area contributed by atoms with Gasteiger partial charge < -0.3 is 14.6 Å². The second-order valence-corrected chi connectivity index (χ2v) is 6.66. The van der Waals surface area contributed by atoms with Crippen LogP contribution in [0.5, 0.6) is 5.75 Å². The van der Waals surface area contributed by atoms with Gasteiger partial charge in [-0.1, -0.05) is 18.2 Å². The highest BCUT2D eigenvalue weighted by Gasteiger charge is 2.37. The van der Waals surface area contributed by atoms with E-state index in [0.29, 0.717) is 19.2 Å². The lowest BCUT2D eigenvalue weighted by molar-refractivity contribution is -0.0393. The number of hydrogen-bond donors (Lipinski definition) is 1. The molecule has 3 rings (SSSR count). The van der Waals surface area contributed by atoms with Crippen LogP contribution in [-0.2, 0) is 4.74 Å². The molecule has 1 N–H and O–H groups in total. The zero-order valence-corrected chi connectivity index (χ0v) is 13.6. The Morgan fingerprint density at radius 2 is 2.05 bits per heavy atom. The first-order valence-corrected chi connectivity index (χ1v) is 8.34. The molecule has 0 amide bonds. The Morgan fingerprint density at radius 1 is 1.32 bits per heavy atom. The molecule has 1 aromatic carbocycles. The van der Waals surface area contributed by atoms with Crippen LogP contribution in [0.25, 0.3) is 0 Å². The lowest BCUT2D eigenvalue weighted by Gasteiger charge is -2.37. The Morgan fingerprint density at radius 3 is 2.73 bits per heavy atom. The van der Waals surface area contributed by atoms with Crippen molar-refractivity contribution in [3.8, 4) is 5.75 Å². The Kier molecular flexibility index (Phi) is 5.01. The summed E-state index contributed by atoms with van der Waals surface area (Å²) in [6, 6.07) is 6.60. The monoisotopic (exact) mass is 305 g/mol. The van der Waals surface area contributed by atoms with Gasteiger partial charge in [-0.05, 0) is 43.7 Å². The van der Waals surface area contributed by atoms with Crippen molar-refractivity contribution in [1.82, 2.24) is 4.90 Å². The van der Waals surface area contributed by atoms with Gasteiger partial charge in [0.2, 0.25) is 0 Å². The summed E-state index contributed by atoms with van der Waals surface area (Å²) in [6.45, 7) is 7.61. The molecular formula is C18H27NO3. The van der Waals surface area contributed by atoms with Gasteiger partial charge in [0.25, 0.3) is 0 Å². The van der Waals surface area contributed by atoms with Gasteiger partial charge in [0.1, 0.15) is 18.5 Å². The molecule has 1 aliphatic heterocycles. The van der Waals surface area contributed by atoms with Gasteiger partial charge >= 0.3 is 0 Å². The van der Waals surface area contributed by atoms with E-state index in [2.05, 4.69) is 4.90 Å². The zero-order valence-electron chi connectivity index (χ0n) is 13.6. The predicted molar refractivity (Wildman–Crippen MR) is 86.3 cm³/mol. The molecule has 1 aliphatic carbocycles. The van der Waals surface area contributed by atoms with Crippen LogP contribution in [0.15, 0.2) is 18.2 Å². The lowest BCUT2D eigenvalue weighted by Crippen LogP contribution is -2.50. The van der Waals surface area contributed by atoms with Crippen LogP contribution in [0.1, 0.15) is 24.0 Å². The lowest BCUT2D eigenvalue weighted by atomic mass is 10.1. The number of hydrogen-bond acceptors (Lipinski definition) is 4. The molecule has 2 atom stereocenters. The molecule has 0 radical (unpaired) electrons. The normalized spacial score (nSPS) is 24.2. The first-order valence-electron chi connectivity index (χ1n) is 8.34. The van der Waals surface area contributed by atoms with Crippen LogP contribution in [0.2, 0.25) is 0 Å². The molecule has 0 spiro atoms. The average Bonchev–Trinajstić information content (AvgIpc) is 3.32. The van der Waals surface area contributed by atoms with Crippen LogP contribution < -0.4 is 4.74 Å². The fourth-order valence-electron chi connectivity index (χ4n) is 3.33. The minimum atomic E-state index is -0.460. The van der Waals surface area contributed by atoms with E-state index in [1.165, 1.54) is 12.8 Å². The van der Waals surface area contributed by atoms with Gasteiger partial charge in [0.05, 0.1) is 13.2 Å². The summed E-state index contributed by atoms with van der Waals surface area (Å²) in [6.07, 6.45) is 2.15. The summed E-state index contributed by atoms with van der Waals surface area (Å²) in [4.78, 5) is 2.39. The number of morpholine rings is 1. The minimum absolute atomic E-state index is 0.348. The van der Waals surface area contributed by atoms with Gasteiger partial charge in [0, 0.05) is 19.1 Å². The predicted octanol–water partition coefficient (Wildman–Crippen LogP) is 2.15. The first-order chi connectivity index (χ1) is 10.6. The molecule has 4 nitrogen and oxygen atoms in total. The Bertz CT molecular complexity index is 481. The quantitative estimate of drug-likeness (QED) is 0.874. The third-order valence-electron chi connectivity index (χ3n) is 4.72. The zero-order chi connectivity index (χ0) is 15.5. The maximum Gasteiger partial charge on any atom is 0.125 e. The number of rotatable bonds is 6. The molecular weight excluding hydrogens is 278 g/mol. The molecule has 0 aromatic heterocycles. The number of aliphatic hydroxyl groups is 1. The smallest absolute Gasteiger partial charge is 0.125 e. The highest BCUT2D eigenvalue weighted by Crippen LogP contribution is 2.36. The van der Waals surface area contributed by atoms with E-state index in [1.807, 2.05) is 32.0 Å². The average molecular weight is 305 g/mol. The largest absolute Gasteiger partial charge is 0.490 e. The molecule has 2 unspecified atom stereocenters. The van der Waals surface area contributed by atoms with E-state index in [-0.39, 0.29) is 0 Å². The van der Waals surface area contributed by atoms with Gasteiger partial charge in [0.15, 0.2) is 0 Å². The number of aryl methyl sites for hydroxylation is 2. The molecule has 1 aromatic rings. The number of benzene rings is 1. The van der Waals surface area contributed by atoms with Crippen LogP contribution in [0.4, 0.5) is 0 Å². The Balaban J connectivity index is 1.52. The maximum atomic E-state index is 10.4. The third kappa shape index (κ3) is 3.80. The topological polar surface area (TPSA) is 41.9 Å². The van der Waals surface area contributed by atoms with Crippen molar-refractivity contribution in [2.75, 3.05) is 32.9 Å². The van der Waals surface area contributed by atoms with E-state index >= 15 is 0 Å². The molecule has 4 heteroatoms. The highest BCUT2D eigenvalue weighted by molar-refractivity contribution is 5.39. The van der Waals surface area contributed by atoms with Crippen LogP contribution in [-0.4, -0.2) is 55.1 Å². The summed E-state index contributed by atoms with van der Waals surface area (Å²) in [5.74, 6) is 1.68. The van der Waals surface area contributed by atoms with Crippen molar-refractivity contribution < 1.29 is 14.6 Å². The van der Waals surface area contributed by atoms with Gasteiger partial charge in [-0.25, -0.2) is 0 Å². The SMILES string of the molecule is Cc1cccc(C)c1OCC(O)CN1CCOCC1C1CC1. The van der Waals surface area contributed by atoms with Crippen LogP contribution >= 0.6 is 0 Å². The van der Waals surface area contributed by atoms with Crippen molar-refractivity contribution in [3.05, 3.63) is 29.3 Å². The summed E-state index contributed by atoms with van der Waals surface area (Å²) in [5, 5.41) is 10.4. The minimum Gasteiger partial charge on any atom is -0.490 e. The van der Waals surface area contributed by atoms with Crippen LogP contribution in [0, 0.1) is 19.8 Å². The van der Waals surface area contributed by atoms with Crippen molar-refractivity contribution in [2.24, 2.45) is 5.92 Å². The third-order valence-corrected chi connectivity index (χ3v) is 4.72. The fraction of sp³-hybridized carbons (Fsp3) is 0.667. The Hall–Kier alpha value is -1.10. The number of aliphatic hydroxyl groups excluding tert-OH is 1. The highest BCUT2D eigenvalue weighted by atomic mass is 16.5. The van der Waals surface area contributed by atoms with E-state index < -0.39 is 6.10 Å². The standard InChI is InChI=1S/C18H27NO3/c1-13-4-3-5-14(2)18(13)22-11-16(20)10-19-8-9-21-12-17(19)15-6-7-15/h3-5,15-17,20H,6-12H2,1-2H3. The summed E-state index contributed by atoms with van der Waals surface area (Å²) in [7, 11) is 0. The molecule has 22 heavy (non-hydrogen) atoms. The number of ether oxygens (including phenoxy) is 2. The maximum absolute atomic E-state index is 10.4. The van der Waals surface area contributed by atoms with Crippen molar-refractivity contribution in [1.29, 1.82) is 0 Å². The molecule has 1 saturated heterocycles. The molecule has 122 valence electrons. The second-order valence-electron chi connectivity index (χ2n) is 6.66.